The lowest BCUT2D eigenvalue weighted by Crippen LogP contribution is -2.11. The monoisotopic (exact) mass is 305 g/mol. The van der Waals surface area contributed by atoms with E-state index in [9.17, 15) is 4.79 Å². The van der Waals surface area contributed by atoms with E-state index in [4.69, 9.17) is 9.47 Å². The van der Waals surface area contributed by atoms with E-state index in [1.807, 2.05) is 13.0 Å². The maximum absolute atomic E-state index is 12.5. The minimum Gasteiger partial charge on any atom is -0.493 e. The average Bonchev–Trinajstić information content (AvgIpc) is 3.02. The van der Waals surface area contributed by atoms with Gasteiger partial charge in [-0.1, -0.05) is 11.8 Å². The van der Waals surface area contributed by atoms with Gasteiger partial charge in [0.2, 0.25) is 5.16 Å². The van der Waals surface area contributed by atoms with Gasteiger partial charge in [0.25, 0.3) is 0 Å². The standard InChI is InChI=1S/C14H15N3O3S/c1-7-15-14(17-16-7)21-12-5-8-4-10(19-2)11(20-3)6-9(8)13(12)18/h4,6,12H,5H2,1-3H3,(H,15,16,17)/t12-/m1/s1. The molecule has 0 aliphatic heterocycles. The topological polar surface area (TPSA) is 77.1 Å². The lowest BCUT2D eigenvalue weighted by molar-refractivity contribution is 0.1000. The zero-order valence-electron chi connectivity index (χ0n) is 12.0. The maximum Gasteiger partial charge on any atom is 0.209 e. The van der Waals surface area contributed by atoms with Crippen LogP contribution in [-0.4, -0.2) is 40.4 Å². The molecular weight excluding hydrogens is 290 g/mol. The molecule has 1 aliphatic carbocycles. The molecule has 0 amide bonds. The molecule has 1 aliphatic rings. The summed E-state index contributed by atoms with van der Waals surface area (Å²) in [6.45, 7) is 1.83. The maximum atomic E-state index is 12.5. The zero-order chi connectivity index (χ0) is 15.0. The highest BCUT2D eigenvalue weighted by atomic mass is 32.2. The Hall–Kier alpha value is -2.02. The molecule has 1 atom stereocenters. The van der Waals surface area contributed by atoms with Gasteiger partial charge in [0, 0.05) is 5.56 Å². The summed E-state index contributed by atoms with van der Waals surface area (Å²) in [4.78, 5) is 16.7. The number of ether oxygens (including phenoxy) is 2. The van der Waals surface area contributed by atoms with E-state index < -0.39 is 0 Å². The van der Waals surface area contributed by atoms with Crippen molar-refractivity contribution in [3.63, 3.8) is 0 Å². The van der Waals surface area contributed by atoms with Crippen LogP contribution in [0.5, 0.6) is 11.5 Å². The van der Waals surface area contributed by atoms with Crippen LogP contribution in [0.25, 0.3) is 0 Å². The van der Waals surface area contributed by atoms with Crippen molar-refractivity contribution in [1.29, 1.82) is 0 Å². The Bertz CT molecular complexity index is 699. The van der Waals surface area contributed by atoms with Gasteiger partial charge >= 0.3 is 0 Å². The number of rotatable bonds is 4. The van der Waals surface area contributed by atoms with Crippen molar-refractivity contribution in [2.75, 3.05) is 14.2 Å². The molecule has 2 aromatic rings. The molecule has 0 fully saturated rings. The molecule has 6 nitrogen and oxygen atoms in total. The molecule has 0 unspecified atom stereocenters. The van der Waals surface area contributed by atoms with Crippen LogP contribution < -0.4 is 9.47 Å². The number of ketones is 1. The van der Waals surface area contributed by atoms with Crippen molar-refractivity contribution in [2.45, 2.75) is 23.8 Å². The van der Waals surface area contributed by atoms with Gasteiger partial charge < -0.3 is 9.47 Å². The minimum atomic E-state index is -0.202. The van der Waals surface area contributed by atoms with E-state index in [2.05, 4.69) is 15.2 Å². The van der Waals surface area contributed by atoms with Gasteiger partial charge in [-0.15, -0.1) is 5.10 Å². The summed E-state index contributed by atoms with van der Waals surface area (Å²) in [5.74, 6) is 2.04. The normalized spacial score (nSPS) is 16.9. The first-order valence-corrected chi connectivity index (χ1v) is 7.35. The number of aromatic nitrogens is 3. The van der Waals surface area contributed by atoms with Crippen LogP contribution in [0.4, 0.5) is 0 Å². The third kappa shape index (κ3) is 2.49. The predicted molar refractivity (Wildman–Crippen MR) is 78.3 cm³/mol. The number of aromatic amines is 1. The number of benzene rings is 1. The van der Waals surface area contributed by atoms with Gasteiger partial charge in [-0.25, -0.2) is 4.98 Å². The molecule has 21 heavy (non-hydrogen) atoms. The van der Waals surface area contributed by atoms with Gasteiger partial charge in [-0.05, 0) is 31.0 Å². The summed E-state index contributed by atoms with van der Waals surface area (Å²) in [7, 11) is 3.15. The molecule has 1 heterocycles. The van der Waals surface area contributed by atoms with Crippen LogP contribution >= 0.6 is 11.8 Å². The SMILES string of the molecule is COc1cc2c(cc1OC)C(=O)[C@H](Sc1n[nH]c(C)n1)C2. The molecule has 0 bridgehead atoms. The highest BCUT2D eigenvalue weighted by Gasteiger charge is 2.33. The molecule has 7 heteroatoms. The molecule has 110 valence electrons. The Kier molecular flexibility index (Phi) is 3.59. The number of nitrogens with zero attached hydrogens (tertiary/aromatic N) is 2. The summed E-state index contributed by atoms with van der Waals surface area (Å²) in [5.41, 5.74) is 1.67. The summed E-state index contributed by atoms with van der Waals surface area (Å²) in [6.07, 6.45) is 0.646. The van der Waals surface area contributed by atoms with Crippen LogP contribution in [0.3, 0.4) is 0 Å². The quantitative estimate of drug-likeness (QED) is 0.931. The third-order valence-electron chi connectivity index (χ3n) is 3.40. The largest absolute Gasteiger partial charge is 0.493 e. The number of thioether (sulfide) groups is 1. The van der Waals surface area contributed by atoms with Crippen LogP contribution in [0, 0.1) is 6.92 Å². The number of H-pyrrole nitrogens is 1. The Morgan fingerprint density at radius 3 is 2.62 bits per heavy atom. The van der Waals surface area contributed by atoms with E-state index >= 15 is 0 Å². The predicted octanol–water partition coefficient (Wildman–Crippen LogP) is 2.03. The van der Waals surface area contributed by atoms with Crippen molar-refractivity contribution in [3.05, 3.63) is 29.1 Å². The number of carbonyl (C=O) groups is 1. The van der Waals surface area contributed by atoms with Crippen LogP contribution in [-0.2, 0) is 6.42 Å². The Morgan fingerprint density at radius 1 is 1.29 bits per heavy atom. The van der Waals surface area contributed by atoms with Crippen LogP contribution in [0.1, 0.15) is 21.7 Å². The second-order valence-corrected chi connectivity index (χ2v) is 5.91. The fourth-order valence-corrected chi connectivity index (χ4v) is 3.42. The molecule has 0 saturated carbocycles. The number of carbonyl (C=O) groups excluding carboxylic acids is 1. The molecular formula is C14H15N3O3S. The number of hydrogen-bond donors (Lipinski definition) is 1. The van der Waals surface area contributed by atoms with Gasteiger partial charge in [0.05, 0.1) is 19.5 Å². The number of hydrogen-bond acceptors (Lipinski definition) is 6. The summed E-state index contributed by atoms with van der Waals surface area (Å²) in [5, 5.41) is 7.24. The van der Waals surface area contributed by atoms with Gasteiger partial charge in [-0.2, -0.15) is 0 Å². The molecule has 0 spiro atoms. The van der Waals surface area contributed by atoms with E-state index in [0.29, 0.717) is 28.6 Å². The second-order valence-electron chi connectivity index (χ2n) is 4.74. The van der Waals surface area contributed by atoms with Crippen molar-refractivity contribution in [2.24, 2.45) is 0 Å². The number of fused-ring (bicyclic) bond motifs is 1. The fraction of sp³-hybridized carbons (Fsp3) is 0.357. The fourth-order valence-electron chi connectivity index (χ4n) is 2.38. The van der Waals surface area contributed by atoms with Crippen molar-refractivity contribution in [3.8, 4) is 11.5 Å². The van der Waals surface area contributed by atoms with Crippen LogP contribution in [0.15, 0.2) is 17.3 Å². The average molecular weight is 305 g/mol. The number of Topliss-reactive ketones (excluding diaryl/α,β-unsaturated/α-hetero) is 1. The highest BCUT2D eigenvalue weighted by Crippen LogP contribution is 2.39. The van der Waals surface area contributed by atoms with Crippen molar-refractivity contribution in [1.82, 2.24) is 15.2 Å². The van der Waals surface area contributed by atoms with Crippen LogP contribution in [0.2, 0.25) is 0 Å². The summed E-state index contributed by atoms with van der Waals surface area (Å²) >= 11 is 1.38. The zero-order valence-corrected chi connectivity index (χ0v) is 12.8. The lowest BCUT2D eigenvalue weighted by Gasteiger charge is -2.09. The third-order valence-corrected chi connectivity index (χ3v) is 4.46. The first-order valence-electron chi connectivity index (χ1n) is 6.47. The summed E-state index contributed by atoms with van der Waals surface area (Å²) < 4.78 is 10.5. The molecule has 1 aromatic heterocycles. The van der Waals surface area contributed by atoms with Gasteiger partial charge in [0.15, 0.2) is 17.3 Å². The van der Waals surface area contributed by atoms with Crippen molar-refractivity contribution < 1.29 is 14.3 Å². The molecule has 0 saturated heterocycles. The second kappa shape index (κ2) is 5.40. The van der Waals surface area contributed by atoms with E-state index in [-0.39, 0.29) is 11.0 Å². The van der Waals surface area contributed by atoms with Gasteiger partial charge in [-0.3, -0.25) is 9.89 Å². The van der Waals surface area contributed by atoms with Crippen molar-refractivity contribution >= 4 is 17.5 Å². The first kappa shape index (κ1) is 13.9. The van der Waals surface area contributed by atoms with E-state index in [0.717, 1.165) is 11.4 Å². The highest BCUT2D eigenvalue weighted by molar-refractivity contribution is 8.00. The molecule has 1 N–H and O–H groups in total. The van der Waals surface area contributed by atoms with E-state index in [1.165, 1.54) is 11.8 Å². The first-order chi connectivity index (χ1) is 10.1. The number of nitrogens with one attached hydrogen (secondary N) is 1. The minimum absolute atomic E-state index is 0.0819. The lowest BCUT2D eigenvalue weighted by atomic mass is 10.1. The van der Waals surface area contributed by atoms with E-state index in [1.54, 1.807) is 20.3 Å². The molecule has 1 aromatic carbocycles. The smallest absolute Gasteiger partial charge is 0.209 e. The Balaban J connectivity index is 1.87. The van der Waals surface area contributed by atoms with Gasteiger partial charge in [0.1, 0.15) is 5.82 Å². The summed E-state index contributed by atoms with van der Waals surface area (Å²) in [6, 6.07) is 3.62. The number of aryl methyl sites for hydroxylation is 1. The Labute approximate surface area is 126 Å². The Morgan fingerprint density at radius 2 is 2.00 bits per heavy atom. The number of methoxy groups -OCH3 is 2. The molecule has 3 rings (SSSR count). The molecule has 0 radical (unpaired) electrons.